The molecule has 0 radical (unpaired) electrons. The molecule has 3 rings (SSSR count). The van der Waals surface area contributed by atoms with E-state index in [1.807, 2.05) is 60.1 Å². The minimum absolute atomic E-state index is 0.346. The van der Waals surface area contributed by atoms with Crippen molar-refractivity contribution >= 4 is 22.8 Å². The highest BCUT2D eigenvalue weighted by atomic mass is 16.5. The first-order valence-electron chi connectivity index (χ1n) is 8.65. The van der Waals surface area contributed by atoms with Crippen molar-refractivity contribution in [3.63, 3.8) is 0 Å². The number of aryl methyl sites for hydroxylation is 1. The molecule has 1 amide bonds. The van der Waals surface area contributed by atoms with E-state index in [2.05, 4.69) is 5.32 Å². The Kier molecular flexibility index (Phi) is 5.45. The van der Waals surface area contributed by atoms with Crippen LogP contribution in [0.5, 0.6) is 5.75 Å². The first-order chi connectivity index (χ1) is 13.0. The standard InChI is InChI=1S/C21H22N2O4/c1-14(20(24)22-12-15-8-10-16(26-3)11-9-15)27-21(25)18-13-23(2)19-7-5-4-6-17(18)19/h4-11,13-14H,12H2,1-3H3,(H,22,24). The summed E-state index contributed by atoms with van der Waals surface area (Å²) in [4.78, 5) is 24.8. The summed E-state index contributed by atoms with van der Waals surface area (Å²) in [6.07, 6.45) is 0.823. The Hall–Kier alpha value is -3.28. The van der Waals surface area contributed by atoms with Gasteiger partial charge in [-0.2, -0.15) is 0 Å². The number of hydrogen-bond acceptors (Lipinski definition) is 4. The fourth-order valence-electron chi connectivity index (χ4n) is 2.86. The van der Waals surface area contributed by atoms with Crippen molar-refractivity contribution in [2.24, 2.45) is 7.05 Å². The average Bonchev–Trinajstić information content (AvgIpc) is 3.03. The number of fused-ring (bicyclic) bond motifs is 1. The third-order valence-corrected chi connectivity index (χ3v) is 4.40. The van der Waals surface area contributed by atoms with Crippen molar-refractivity contribution in [2.45, 2.75) is 19.6 Å². The summed E-state index contributed by atoms with van der Waals surface area (Å²) in [5.74, 6) is -0.110. The highest BCUT2D eigenvalue weighted by molar-refractivity contribution is 6.05. The van der Waals surface area contributed by atoms with Crippen LogP contribution in [-0.4, -0.2) is 29.7 Å². The van der Waals surface area contributed by atoms with E-state index in [0.29, 0.717) is 12.1 Å². The average molecular weight is 366 g/mol. The summed E-state index contributed by atoms with van der Waals surface area (Å²) in [6, 6.07) is 14.9. The van der Waals surface area contributed by atoms with Gasteiger partial charge in [0.25, 0.3) is 5.91 Å². The van der Waals surface area contributed by atoms with Gasteiger partial charge in [0.2, 0.25) is 0 Å². The second-order valence-corrected chi connectivity index (χ2v) is 6.28. The largest absolute Gasteiger partial charge is 0.497 e. The van der Waals surface area contributed by atoms with Gasteiger partial charge in [0.1, 0.15) is 5.75 Å². The van der Waals surface area contributed by atoms with Gasteiger partial charge < -0.3 is 19.4 Å². The van der Waals surface area contributed by atoms with E-state index in [-0.39, 0.29) is 5.91 Å². The zero-order chi connectivity index (χ0) is 19.4. The van der Waals surface area contributed by atoms with Crippen LogP contribution in [0.15, 0.2) is 54.7 Å². The summed E-state index contributed by atoms with van der Waals surface area (Å²) in [5.41, 5.74) is 2.31. The lowest BCUT2D eigenvalue weighted by Crippen LogP contribution is -2.35. The quantitative estimate of drug-likeness (QED) is 0.681. The molecule has 1 atom stereocenters. The summed E-state index contributed by atoms with van der Waals surface area (Å²) in [5, 5.41) is 3.57. The first kappa shape index (κ1) is 18.5. The van der Waals surface area contributed by atoms with Crippen LogP contribution >= 0.6 is 0 Å². The Balaban J connectivity index is 1.60. The number of nitrogens with zero attached hydrogens (tertiary/aromatic N) is 1. The number of hydrogen-bond donors (Lipinski definition) is 1. The maximum Gasteiger partial charge on any atom is 0.341 e. The minimum atomic E-state index is -0.894. The second kappa shape index (κ2) is 7.95. The number of nitrogens with one attached hydrogen (secondary N) is 1. The van der Waals surface area contributed by atoms with Gasteiger partial charge in [-0.15, -0.1) is 0 Å². The topological polar surface area (TPSA) is 69.6 Å². The van der Waals surface area contributed by atoms with Crippen LogP contribution in [0.25, 0.3) is 10.9 Å². The van der Waals surface area contributed by atoms with Crippen LogP contribution in [0.4, 0.5) is 0 Å². The smallest absolute Gasteiger partial charge is 0.341 e. The number of aromatic nitrogens is 1. The molecule has 0 saturated heterocycles. The molecule has 1 aromatic heterocycles. The lowest BCUT2D eigenvalue weighted by molar-refractivity contribution is -0.129. The predicted molar refractivity (Wildman–Crippen MR) is 103 cm³/mol. The third kappa shape index (κ3) is 4.11. The molecule has 6 nitrogen and oxygen atoms in total. The van der Waals surface area contributed by atoms with Crippen LogP contribution in [0.2, 0.25) is 0 Å². The van der Waals surface area contributed by atoms with E-state index in [1.54, 1.807) is 20.2 Å². The number of ether oxygens (including phenoxy) is 2. The van der Waals surface area contributed by atoms with Gasteiger partial charge in [-0.25, -0.2) is 4.79 Å². The van der Waals surface area contributed by atoms with Gasteiger partial charge in [0.15, 0.2) is 6.10 Å². The molecule has 0 fully saturated rings. The normalized spacial score (nSPS) is 11.8. The number of amides is 1. The molecule has 0 spiro atoms. The van der Waals surface area contributed by atoms with Gasteiger partial charge in [-0.1, -0.05) is 30.3 Å². The minimum Gasteiger partial charge on any atom is -0.497 e. The van der Waals surface area contributed by atoms with E-state index in [9.17, 15) is 9.59 Å². The molecule has 2 aromatic carbocycles. The van der Waals surface area contributed by atoms with Gasteiger partial charge in [0.05, 0.1) is 12.7 Å². The van der Waals surface area contributed by atoms with E-state index >= 15 is 0 Å². The lowest BCUT2D eigenvalue weighted by atomic mass is 10.2. The maximum atomic E-state index is 12.5. The van der Waals surface area contributed by atoms with Crippen LogP contribution in [-0.2, 0) is 23.1 Å². The number of rotatable bonds is 6. The summed E-state index contributed by atoms with van der Waals surface area (Å²) < 4.78 is 12.3. The van der Waals surface area contributed by atoms with E-state index in [1.165, 1.54) is 0 Å². The molecule has 27 heavy (non-hydrogen) atoms. The number of benzene rings is 2. The van der Waals surface area contributed by atoms with Crippen LogP contribution in [0, 0.1) is 0 Å². The van der Waals surface area contributed by atoms with Crippen molar-refractivity contribution in [3.05, 3.63) is 65.9 Å². The Bertz CT molecular complexity index is 960. The van der Waals surface area contributed by atoms with Crippen molar-refractivity contribution < 1.29 is 19.1 Å². The predicted octanol–water partition coefficient (Wildman–Crippen LogP) is 3.05. The van der Waals surface area contributed by atoms with E-state index < -0.39 is 12.1 Å². The molecule has 1 N–H and O–H groups in total. The van der Waals surface area contributed by atoms with Crippen molar-refractivity contribution in [2.75, 3.05) is 7.11 Å². The molecule has 0 saturated carbocycles. The maximum absolute atomic E-state index is 12.5. The molecule has 6 heteroatoms. The van der Waals surface area contributed by atoms with Crippen molar-refractivity contribution in [1.29, 1.82) is 0 Å². The first-order valence-corrected chi connectivity index (χ1v) is 8.65. The molecule has 3 aromatic rings. The van der Waals surface area contributed by atoms with Gasteiger partial charge >= 0.3 is 5.97 Å². The zero-order valence-electron chi connectivity index (χ0n) is 15.6. The van der Waals surface area contributed by atoms with Crippen LogP contribution < -0.4 is 10.1 Å². The molecule has 140 valence electrons. The van der Waals surface area contributed by atoms with Crippen molar-refractivity contribution in [3.8, 4) is 5.75 Å². The molecule has 0 aliphatic heterocycles. The second-order valence-electron chi connectivity index (χ2n) is 6.28. The van der Waals surface area contributed by atoms with E-state index in [0.717, 1.165) is 22.2 Å². The highest BCUT2D eigenvalue weighted by Gasteiger charge is 2.21. The molecule has 0 aliphatic rings. The summed E-state index contributed by atoms with van der Waals surface area (Å²) >= 11 is 0. The number of esters is 1. The Morgan fingerprint density at radius 2 is 1.81 bits per heavy atom. The number of carbonyl (C=O) groups is 2. The molecular weight excluding hydrogens is 344 g/mol. The molecule has 0 aliphatic carbocycles. The van der Waals surface area contributed by atoms with E-state index in [4.69, 9.17) is 9.47 Å². The van der Waals surface area contributed by atoms with Gasteiger partial charge in [-0.3, -0.25) is 4.79 Å². The number of methoxy groups -OCH3 is 1. The molecular formula is C21H22N2O4. The lowest BCUT2D eigenvalue weighted by Gasteiger charge is -2.13. The van der Waals surface area contributed by atoms with Crippen molar-refractivity contribution in [1.82, 2.24) is 9.88 Å². The zero-order valence-corrected chi connectivity index (χ0v) is 15.6. The fourth-order valence-corrected chi connectivity index (χ4v) is 2.86. The number of carbonyl (C=O) groups excluding carboxylic acids is 2. The fraction of sp³-hybridized carbons (Fsp3) is 0.238. The SMILES string of the molecule is COc1ccc(CNC(=O)C(C)OC(=O)c2cn(C)c3ccccc23)cc1. The number of para-hydroxylation sites is 1. The Labute approximate surface area is 157 Å². The third-order valence-electron chi connectivity index (χ3n) is 4.40. The summed E-state index contributed by atoms with van der Waals surface area (Å²) in [7, 11) is 3.47. The van der Waals surface area contributed by atoms with Crippen LogP contribution in [0.1, 0.15) is 22.8 Å². The van der Waals surface area contributed by atoms with Crippen LogP contribution in [0.3, 0.4) is 0 Å². The molecule has 0 bridgehead atoms. The Morgan fingerprint density at radius 1 is 1.11 bits per heavy atom. The monoisotopic (exact) mass is 366 g/mol. The molecule has 1 unspecified atom stereocenters. The highest BCUT2D eigenvalue weighted by Crippen LogP contribution is 2.21. The van der Waals surface area contributed by atoms with Gasteiger partial charge in [0, 0.05) is 30.7 Å². The molecule has 1 heterocycles. The summed E-state index contributed by atoms with van der Waals surface area (Å²) in [6.45, 7) is 1.91. The Morgan fingerprint density at radius 3 is 2.52 bits per heavy atom. The van der Waals surface area contributed by atoms with Gasteiger partial charge in [-0.05, 0) is 30.7 Å².